The fourth-order valence-corrected chi connectivity index (χ4v) is 3.07. The Morgan fingerprint density at radius 2 is 2.35 bits per heavy atom. The van der Waals surface area contributed by atoms with Gasteiger partial charge in [0.1, 0.15) is 17.4 Å². The Labute approximate surface area is 117 Å². The molecular weight excluding hydrogens is 259 g/mol. The van der Waals surface area contributed by atoms with Crippen molar-refractivity contribution >= 4 is 11.7 Å². The van der Waals surface area contributed by atoms with Crippen LogP contribution in [0.4, 0.5) is 10.1 Å². The number of aliphatic carboxylic acids is 1. The lowest BCUT2D eigenvalue weighted by Crippen LogP contribution is -2.51. The molecule has 1 aliphatic rings. The monoisotopic (exact) mass is 276 g/mol. The molecular formula is C15H17FN2O2. The minimum Gasteiger partial charge on any atom is -0.479 e. The van der Waals surface area contributed by atoms with Crippen molar-refractivity contribution in [3.63, 3.8) is 0 Å². The van der Waals surface area contributed by atoms with Crippen LogP contribution < -0.4 is 4.90 Å². The van der Waals surface area contributed by atoms with Crippen molar-refractivity contribution < 1.29 is 14.3 Å². The van der Waals surface area contributed by atoms with E-state index >= 15 is 0 Å². The second kappa shape index (κ2) is 5.49. The van der Waals surface area contributed by atoms with Crippen molar-refractivity contribution in [1.82, 2.24) is 0 Å². The van der Waals surface area contributed by atoms with Gasteiger partial charge in [0.05, 0.1) is 11.3 Å². The first-order valence-electron chi connectivity index (χ1n) is 6.76. The smallest absolute Gasteiger partial charge is 0.329 e. The summed E-state index contributed by atoms with van der Waals surface area (Å²) in [5, 5.41) is 18.8. The van der Waals surface area contributed by atoms with Crippen LogP contribution in [0.25, 0.3) is 0 Å². The number of hydrogen-bond acceptors (Lipinski definition) is 3. The predicted molar refractivity (Wildman–Crippen MR) is 73.0 cm³/mol. The summed E-state index contributed by atoms with van der Waals surface area (Å²) < 4.78 is 13.2. The molecule has 0 amide bonds. The van der Waals surface area contributed by atoms with Gasteiger partial charge < -0.3 is 10.0 Å². The van der Waals surface area contributed by atoms with E-state index in [1.807, 2.05) is 13.0 Å². The summed E-state index contributed by atoms with van der Waals surface area (Å²) in [6.45, 7) is 2.52. The minimum absolute atomic E-state index is 0.189. The summed E-state index contributed by atoms with van der Waals surface area (Å²) in [6.07, 6.45) is 2.57. The Morgan fingerprint density at radius 1 is 1.60 bits per heavy atom. The molecule has 0 aliphatic carbocycles. The van der Waals surface area contributed by atoms with Gasteiger partial charge in [-0.1, -0.05) is 13.3 Å². The van der Waals surface area contributed by atoms with Crippen LogP contribution in [0.2, 0.25) is 0 Å². The number of hydrogen-bond donors (Lipinski definition) is 1. The van der Waals surface area contributed by atoms with Crippen LogP contribution in [-0.2, 0) is 4.79 Å². The number of halogens is 1. The number of carbonyl (C=O) groups is 1. The number of anilines is 1. The second-order valence-electron chi connectivity index (χ2n) is 5.12. The van der Waals surface area contributed by atoms with Gasteiger partial charge in [-0.15, -0.1) is 0 Å². The molecule has 1 aromatic carbocycles. The first kappa shape index (κ1) is 14.3. The normalized spacial score (nSPS) is 21.8. The molecule has 1 heterocycles. The van der Waals surface area contributed by atoms with E-state index in [1.165, 1.54) is 12.1 Å². The van der Waals surface area contributed by atoms with Gasteiger partial charge in [0.25, 0.3) is 0 Å². The molecule has 106 valence electrons. The van der Waals surface area contributed by atoms with E-state index in [2.05, 4.69) is 0 Å². The zero-order chi connectivity index (χ0) is 14.8. The average molecular weight is 276 g/mol. The van der Waals surface area contributed by atoms with Crippen LogP contribution >= 0.6 is 0 Å². The zero-order valence-corrected chi connectivity index (χ0v) is 11.4. The highest BCUT2D eigenvalue weighted by Gasteiger charge is 2.47. The van der Waals surface area contributed by atoms with E-state index in [0.29, 0.717) is 25.1 Å². The summed E-state index contributed by atoms with van der Waals surface area (Å²) in [6, 6.07) is 5.89. The van der Waals surface area contributed by atoms with Crippen LogP contribution in [0, 0.1) is 17.1 Å². The molecule has 1 aromatic rings. The number of carboxylic acid groups (broad SMARTS) is 1. The summed E-state index contributed by atoms with van der Waals surface area (Å²) in [4.78, 5) is 13.5. The Balaban J connectivity index is 2.50. The molecule has 0 bridgehead atoms. The molecule has 5 heteroatoms. The lowest BCUT2D eigenvalue weighted by molar-refractivity contribution is -0.143. The van der Waals surface area contributed by atoms with Crippen LogP contribution in [-0.4, -0.2) is 23.2 Å². The van der Waals surface area contributed by atoms with Gasteiger partial charge in [-0.2, -0.15) is 5.26 Å². The summed E-state index contributed by atoms with van der Waals surface area (Å²) in [5.41, 5.74) is -0.270. The third kappa shape index (κ3) is 2.22. The third-order valence-corrected chi connectivity index (χ3v) is 3.92. The number of benzene rings is 1. The maximum absolute atomic E-state index is 13.2. The molecule has 1 aliphatic heterocycles. The predicted octanol–water partition coefficient (Wildman–Crippen LogP) is 2.92. The van der Waals surface area contributed by atoms with Gasteiger partial charge in [-0.3, -0.25) is 0 Å². The lowest BCUT2D eigenvalue weighted by atomic mass is 9.90. The Kier molecular flexibility index (Phi) is 3.93. The molecule has 1 saturated heterocycles. The molecule has 0 aromatic heterocycles. The Bertz CT molecular complexity index is 567. The van der Waals surface area contributed by atoms with Gasteiger partial charge in [-0.25, -0.2) is 9.18 Å². The highest BCUT2D eigenvalue weighted by Crippen LogP contribution is 2.39. The van der Waals surface area contributed by atoms with E-state index < -0.39 is 17.3 Å². The number of nitriles is 1. The summed E-state index contributed by atoms with van der Waals surface area (Å²) >= 11 is 0. The molecule has 4 nitrogen and oxygen atoms in total. The van der Waals surface area contributed by atoms with Crippen LogP contribution in [0.15, 0.2) is 18.2 Å². The Hall–Kier alpha value is -2.09. The van der Waals surface area contributed by atoms with Crippen molar-refractivity contribution in [1.29, 1.82) is 5.26 Å². The van der Waals surface area contributed by atoms with Gasteiger partial charge >= 0.3 is 5.97 Å². The summed E-state index contributed by atoms with van der Waals surface area (Å²) in [7, 11) is 0. The largest absolute Gasteiger partial charge is 0.479 e. The highest BCUT2D eigenvalue weighted by atomic mass is 19.1. The number of rotatable bonds is 4. The van der Waals surface area contributed by atoms with Crippen molar-refractivity contribution in [2.75, 3.05) is 11.4 Å². The molecule has 1 atom stereocenters. The van der Waals surface area contributed by atoms with E-state index in [9.17, 15) is 14.3 Å². The number of carboxylic acids is 1. The van der Waals surface area contributed by atoms with E-state index in [0.717, 1.165) is 18.9 Å². The average Bonchev–Trinajstić information content (AvgIpc) is 2.84. The van der Waals surface area contributed by atoms with Gasteiger partial charge in [0.2, 0.25) is 0 Å². The Morgan fingerprint density at radius 3 is 2.95 bits per heavy atom. The van der Waals surface area contributed by atoms with Crippen molar-refractivity contribution in [2.24, 2.45) is 0 Å². The molecule has 2 rings (SSSR count). The summed E-state index contributed by atoms with van der Waals surface area (Å²) in [5.74, 6) is -1.36. The third-order valence-electron chi connectivity index (χ3n) is 3.92. The first-order chi connectivity index (χ1) is 9.55. The number of nitrogens with zero attached hydrogens (tertiary/aromatic N) is 2. The fraction of sp³-hybridized carbons (Fsp3) is 0.467. The van der Waals surface area contributed by atoms with Gasteiger partial charge in [0, 0.05) is 6.54 Å². The van der Waals surface area contributed by atoms with Crippen LogP contribution in [0.1, 0.15) is 38.2 Å². The second-order valence-corrected chi connectivity index (χ2v) is 5.12. The van der Waals surface area contributed by atoms with Crippen molar-refractivity contribution in [3.05, 3.63) is 29.6 Å². The van der Waals surface area contributed by atoms with Crippen LogP contribution in [0.5, 0.6) is 0 Å². The van der Waals surface area contributed by atoms with Gasteiger partial charge in [0.15, 0.2) is 0 Å². The zero-order valence-electron chi connectivity index (χ0n) is 11.4. The first-order valence-corrected chi connectivity index (χ1v) is 6.76. The molecule has 0 radical (unpaired) electrons. The topological polar surface area (TPSA) is 64.3 Å². The maximum Gasteiger partial charge on any atom is 0.329 e. The van der Waals surface area contributed by atoms with E-state index in [4.69, 9.17) is 5.26 Å². The minimum atomic E-state index is -0.974. The van der Waals surface area contributed by atoms with Crippen LogP contribution in [0.3, 0.4) is 0 Å². The molecule has 1 unspecified atom stereocenters. The molecule has 20 heavy (non-hydrogen) atoms. The molecule has 1 fully saturated rings. The molecule has 0 saturated carbocycles. The van der Waals surface area contributed by atoms with Gasteiger partial charge in [-0.05, 0) is 37.5 Å². The lowest BCUT2D eigenvalue weighted by Gasteiger charge is -2.36. The standard InChI is InChI=1S/C15H17FN2O2/c1-2-6-15(14(19)20)7-3-8-18(15)13-5-4-12(16)9-11(13)10-17/h4-5,9H,2-3,6-8H2,1H3,(H,19,20). The van der Waals surface area contributed by atoms with Crippen molar-refractivity contribution in [2.45, 2.75) is 38.1 Å². The SMILES string of the molecule is CCCC1(C(=O)O)CCCN1c1ccc(F)cc1C#N. The molecule has 0 spiro atoms. The quantitative estimate of drug-likeness (QED) is 0.918. The van der Waals surface area contributed by atoms with E-state index in [-0.39, 0.29) is 5.56 Å². The van der Waals surface area contributed by atoms with Crippen molar-refractivity contribution in [3.8, 4) is 6.07 Å². The molecule has 1 N–H and O–H groups in total. The van der Waals surface area contributed by atoms with E-state index in [1.54, 1.807) is 4.90 Å². The fourth-order valence-electron chi connectivity index (χ4n) is 3.07. The highest BCUT2D eigenvalue weighted by molar-refractivity contribution is 5.85. The maximum atomic E-state index is 13.2.